The fourth-order valence-electron chi connectivity index (χ4n) is 2.97. The van der Waals surface area contributed by atoms with Crippen LogP contribution < -0.4 is 5.73 Å². The number of piperidine rings is 1. The lowest BCUT2D eigenvalue weighted by atomic mass is 10.1. The summed E-state index contributed by atoms with van der Waals surface area (Å²) in [5.41, 5.74) is 5.47. The van der Waals surface area contributed by atoms with Crippen molar-refractivity contribution >= 4 is 5.91 Å². The second-order valence-corrected chi connectivity index (χ2v) is 5.86. The van der Waals surface area contributed by atoms with E-state index in [2.05, 4.69) is 4.90 Å². The zero-order valence-electron chi connectivity index (χ0n) is 13.1. The van der Waals surface area contributed by atoms with Gasteiger partial charge in [0.25, 0.3) is 0 Å². The first kappa shape index (κ1) is 16.7. The van der Waals surface area contributed by atoms with Crippen molar-refractivity contribution in [3.05, 3.63) is 0 Å². The molecule has 0 aromatic rings. The van der Waals surface area contributed by atoms with Gasteiger partial charge in [-0.25, -0.2) is 0 Å². The monoisotopic (exact) mass is 299 g/mol. The molecule has 0 radical (unpaired) electrons. The maximum absolute atomic E-state index is 12.5. The summed E-state index contributed by atoms with van der Waals surface area (Å²) in [5, 5.41) is 0. The molecule has 6 heteroatoms. The third-order valence-electron chi connectivity index (χ3n) is 4.41. The summed E-state index contributed by atoms with van der Waals surface area (Å²) in [6, 6.07) is -0.0342. The van der Waals surface area contributed by atoms with Crippen LogP contribution in [-0.4, -0.2) is 80.4 Å². The summed E-state index contributed by atoms with van der Waals surface area (Å²) >= 11 is 0. The van der Waals surface area contributed by atoms with Crippen LogP contribution in [0.2, 0.25) is 0 Å². The third-order valence-corrected chi connectivity index (χ3v) is 4.41. The van der Waals surface area contributed by atoms with Gasteiger partial charge in [-0.2, -0.15) is 0 Å². The number of ether oxygens (including phenoxy) is 2. The number of likely N-dealkylation sites (tertiary alicyclic amines) is 1. The minimum absolute atomic E-state index is 0.0342. The van der Waals surface area contributed by atoms with Gasteiger partial charge >= 0.3 is 0 Å². The smallest absolute Gasteiger partial charge is 0.239 e. The zero-order valence-corrected chi connectivity index (χ0v) is 13.1. The molecule has 2 N–H and O–H groups in total. The number of nitrogens with zero attached hydrogens (tertiary/aromatic N) is 2. The number of carbonyl (C=O) groups excluding carboxylic acids is 1. The quantitative estimate of drug-likeness (QED) is 0.703. The summed E-state index contributed by atoms with van der Waals surface area (Å²) in [6.45, 7) is 8.10. The second-order valence-electron chi connectivity index (χ2n) is 5.86. The molecule has 0 bridgehead atoms. The Morgan fingerprint density at radius 1 is 1.29 bits per heavy atom. The number of morpholine rings is 1. The SMILES string of the molecule is CC(C(=O)N1CCOCC1)N1CCC(OCCCN)CC1. The molecule has 6 nitrogen and oxygen atoms in total. The number of hydrogen-bond donors (Lipinski definition) is 1. The van der Waals surface area contributed by atoms with Crippen LogP contribution in [0.15, 0.2) is 0 Å². The fraction of sp³-hybridized carbons (Fsp3) is 0.933. The van der Waals surface area contributed by atoms with Crippen LogP contribution in [0, 0.1) is 0 Å². The van der Waals surface area contributed by atoms with Gasteiger partial charge in [-0.15, -0.1) is 0 Å². The molecule has 1 amide bonds. The molecule has 2 aliphatic rings. The summed E-state index contributed by atoms with van der Waals surface area (Å²) in [5.74, 6) is 0.237. The Hall–Kier alpha value is -0.690. The standard InChI is InChI=1S/C15H29N3O3/c1-13(15(19)18-8-11-20-12-9-18)17-6-3-14(4-7-17)21-10-2-5-16/h13-14H,2-12,16H2,1H3. The van der Waals surface area contributed by atoms with Crippen LogP contribution in [0.1, 0.15) is 26.2 Å². The molecule has 2 heterocycles. The molecule has 0 spiro atoms. The molecule has 2 rings (SSSR count). The van der Waals surface area contributed by atoms with Crippen LogP contribution >= 0.6 is 0 Å². The first-order chi connectivity index (χ1) is 10.2. The maximum Gasteiger partial charge on any atom is 0.239 e. The molecule has 0 aliphatic carbocycles. The van der Waals surface area contributed by atoms with Crippen molar-refractivity contribution in [3.63, 3.8) is 0 Å². The average molecular weight is 299 g/mol. The summed E-state index contributed by atoms with van der Waals surface area (Å²) in [6.07, 6.45) is 3.27. The summed E-state index contributed by atoms with van der Waals surface area (Å²) in [7, 11) is 0. The predicted molar refractivity (Wildman–Crippen MR) is 81.1 cm³/mol. The Bertz CT molecular complexity index is 313. The van der Waals surface area contributed by atoms with E-state index in [1.54, 1.807) is 0 Å². The lowest BCUT2D eigenvalue weighted by Gasteiger charge is -2.38. The first-order valence-corrected chi connectivity index (χ1v) is 8.14. The lowest BCUT2D eigenvalue weighted by Crippen LogP contribution is -2.52. The molecule has 122 valence electrons. The summed E-state index contributed by atoms with van der Waals surface area (Å²) in [4.78, 5) is 16.7. The van der Waals surface area contributed by atoms with E-state index in [0.717, 1.165) is 52.0 Å². The van der Waals surface area contributed by atoms with Crippen molar-refractivity contribution in [1.29, 1.82) is 0 Å². The maximum atomic E-state index is 12.5. The molecule has 0 aromatic heterocycles. The van der Waals surface area contributed by atoms with Gasteiger partial charge in [0.1, 0.15) is 0 Å². The van der Waals surface area contributed by atoms with E-state index >= 15 is 0 Å². The second kappa shape index (κ2) is 8.68. The average Bonchev–Trinajstić information content (AvgIpc) is 2.55. The Kier molecular flexibility index (Phi) is 6.89. The highest BCUT2D eigenvalue weighted by atomic mass is 16.5. The van der Waals surface area contributed by atoms with Crippen molar-refractivity contribution in [2.45, 2.75) is 38.3 Å². The van der Waals surface area contributed by atoms with Gasteiger partial charge in [0.2, 0.25) is 5.91 Å². The Balaban J connectivity index is 1.71. The van der Waals surface area contributed by atoms with E-state index in [1.165, 1.54) is 0 Å². The first-order valence-electron chi connectivity index (χ1n) is 8.14. The molecule has 0 aromatic carbocycles. The van der Waals surface area contributed by atoms with Crippen LogP contribution in [0.4, 0.5) is 0 Å². The topological polar surface area (TPSA) is 68.0 Å². The molecular formula is C15H29N3O3. The van der Waals surface area contributed by atoms with E-state index in [-0.39, 0.29) is 11.9 Å². The number of nitrogens with two attached hydrogens (primary N) is 1. The van der Waals surface area contributed by atoms with E-state index in [9.17, 15) is 4.79 Å². The molecule has 2 saturated heterocycles. The predicted octanol–water partition coefficient (Wildman–Crippen LogP) is 0.0635. The van der Waals surface area contributed by atoms with Crippen molar-refractivity contribution in [2.75, 3.05) is 52.5 Å². The molecule has 2 aliphatic heterocycles. The Labute approximate surface area is 127 Å². The van der Waals surface area contributed by atoms with Crippen molar-refractivity contribution in [2.24, 2.45) is 5.73 Å². The van der Waals surface area contributed by atoms with Gasteiger partial charge in [-0.05, 0) is 32.7 Å². The normalized spacial score (nSPS) is 23.2. The van der Waals surface area contributed by atoms with E-state index in [1.807, 2.05) is 11.8 Å². The highest BCUT2D eigenvalue weighted by molar-refractivity contribution is 5.81. The van der Waals surface area contributed by atoms with E-state index in [0.29, 0.717) is 25.9 Å². The third kappa shape index (κ3) is 4.92. The van der Waals surface area contributed by atoms with Crippen LogP contribution in [0.5, 0.6) is 0 Å². The van der Waals surface area contributed by atoms with Crippen LogP contribution in [0.3, 0.4) is 0 Å². The van der Waals surface area contributed by atoms with Gasteiger partial charge in [0.15, 0.2) is 0 Å². The molecule has 1 unspecified atom stereocenters. The number of amides is 1. The Morgan fingerprint density at radius 3 is 2.57 bits per heavy atom. The highest BCUT2D eigenvalue weighted by Gasteiger charge is 2.30. The molecule has 21 heavy (non-hydrogen) atoms. The lowest BCUT2D eigenvalue weighted by molar-refractivity contribution is -0.141. The minimum Gasteiger partial charge on any atom is -0.378 e. The van der Waals surface area contributed by atoms with E-state index < -0.39 is 0 Å². The Morgan fingerprint density at radius 2 is 1.95 bits per heavy atom. The van der Waals surface area contributed by atoms with Crippen molar-refractivity contribution < 1.29 is 14.3 Å². The number of carbonyl (C=O) groups is 1. The number of hydrogen-bond acceptors (Lipinski definition) is 5. The molecular weight excluding hydrogens is 270 g/mol. The largest absolute Gasteiger partial charge is 0.378 e. The van der Waals surface area contributed by atoms with E-state index in [4.69, 9.17) is 15.2 Å². The van der Waals surface area contributed by atoms with Crippen LogP contribution in [-0.2, 0) is 14.3 Å². The van der Waals surface area contributed by atoms with Crippen LogP contribution in [0.25, 0.3) is 0 Å². The van der Waals surface area contributed by atoms with Gasteiger partial charge in [0.05, 0.1) is 25.4 Å². The molecule has 0 saturated carbocycles. The van der Waals surface area contributed by atoms with Gasteiger partial charge < -0.3 is 20.1 Å². The van der Waals surface area contributed by atoms with Gasteiger partial charge in [0, 0.05) is 32.8 Å². The van der Waals surface area contributed by atoms with Gasteiger partial charge in [-0.1, -0.05) is 0 Å². The highest BCUT2D eigenvalue weighted by Crippen LogP contribution is 2.17. The summed E-state index contributed by atoms with van der Waals surface area (Å²) < 4.78 is 11.1. The van der Waals surface area contributed by atoms with Crippen molar-refractivity contribution in [1.82, 2.24) is 9.80 Å². The number of rotatable bonds is 6. The fourth-order valence-corrected chi connectivity index (χ4v) is 2.97. The minimum atomic E-state index is -0.0342. The van der Waals surface area contributed by atoms with Gasteiger partial charge in [-0.3, -0.25) is 9.69 Å². The van der Waals surface area contributed by atoms with Crippen molar-refractivity contribution in [3.8, 4) is 0 Å². The molecule has 2 fully saturated rings. The zero-order chi connectivity index (χ0) is 15.1. The molecule has 1 atom stereocenters.